The molecular formula is C15H28N2O. The van der Waals surface area contributed by atoms with Gasteiger partial charge in [-0.3, -0.25) is 4.79 Å². The number of carbonyl (C=O) groups is 1. The summed E-state index contributed by atoms with van der Waals surface area (Å²) < 4.78 is 0. The molecule has 0 aromatic heterocycles. The second-order valence-electron chi connectivity index (χ2n) is 6.65. The van der Waals surface area contributed by atoms with Crippen LogP contribution in [0, 0.1) is 11.3 Å². The highest BCUT2D eigenvalue weighted by Gasteiger charge is 2.39. The molecule has 1 aliphatic carbocycles. The molecular weight excluding hydrogens is 224 g/mol. The monoisotopic (exact) mass is 252 g/mol. The number of amides is 1. The SMILES string of the molecule is CC1CCCC(N(C)C(=O)C2(C)CCNCC2)C1. The van der Waals surface area contributed by atoms with Crippen molar-refractivity contribution >= 4 is 5.91 Å². The first kappa shape index (κ1) is 13.9. The van der Waals surface area contributed by atoms with E-state index in [1.807, 2.05) is 7.05 Å². The van der Waals surface area contributed by atoms with E-state index >= 15 is 0 Å². The van der Waals surface area contributed by atoms with Gasteiger partial charge in [-0.2, -0.15) is 0 Å². The number of nitrogens with one attached hydrogen (secondary N) is 1. The first-order valence-corrected chi connectivity index (χ1v) is 7.51. The van der Waals surface area contributed by atoms with Crippen LogP contribution < -0.4 is 5.32 Å². The van der Waals surface area contributed by atoms with Crippen molar-refractivity contribution in [2.24, 2.45) is 11.3 Å². The maximum atomic E-state index is 12.7. The first-order valence-electron chi connectivity index (χ1n) is 7.51. The van der Waals surface area contributed by atoms with Crippen molar-refractivity contribution in [1.29, 1.82) is 0 Å². The van der Waals surface area contributed by atoms with E-state index in [2.05, 4.69) is 24.1 Å². The summed E-state index contributed by atoms with van der Waals surface area (Å²) in [5, 5.41) is 3.35. The normalized spacial score (nSPS) is 31.9. The Balaban J connectivity index is 1.98. The summed E-state index contributed by atoms with van der Waals surface area (Å²) in [4.78, 5) is 14.8. The van der Waals surface area contributed by atoms with Crippen molar-refractivity contribution in [2.45, 2.75) is 58.4 Å². The maximum absolute atomic E-state index is 12.7. The highest BCUT2D eigenvalue weighted by Crippen LogP contribution is 2.33. The van der Waals surface area contributed by atoms with Crippen LogP contribution in [-0.4, -0.2) is 37.0 Å². The van der Waals surface area contributed by atoms with E-state index < -0.39 is 0 Å². The Bertz CT molecular complexity index is 297. The van der Waals surface area contributed by atoms with Crippen molar-refractivity contribution in [3.05, 3.63) is 0 Å². The van der Waals surface area contributed by atoms with Crippen LogP contribution in [0.3, 0.4) is 0 Å². The molecule has 0 radical (unpaired) electrons. The van der Waals surface area contributed by atoms with Crippen LogP contribution in [-0.2, 0) is 4.79 Å². The van der Waals surface area contributed by atoms with Gasteiger partial charge in [0.2, 0.25) is 5.91 Å². The first-order chi connectivity index (χ1) is 8.53. The summed E-state index contributed by atoms with van der Waals surface area (Å²) in [7, 11) is 2.03. The van der Waals surface area contributed by atoms with Gasteiger partial charge in [0.05, 0.1) is 0 Å². The van der Waals surface area contributed by atoms with Crippen molar-refractivity contribution < 1.29 is 4.79 Å². The lowest BCUT2D eigenvalue weighted by Crippen LogP contribution is -2.50. The standard InChI is InChI=1S/C15H28N2O/c1-12-5-4-6-13(11-12)17(3)14(18)15(2)7-9-16-10-8-15/h12-13,16H,4-11H2,1-3H3. The number of hydrogen-bond acceptors (Lipinski definition) is 2. The van der Waals surface area contributed by atoms with E-state index in [0.717, 1.165) is 31.8 Å². The minimum absolute atomic E-state index is 0.124. The van der Waals surface area contributed by atoms with Gasteiger partial charge in [-0.05, 0) is 44.7 Å². The minimum Gasteiger partial charge on any atom is -0.342 e. The zero-order valence-corrected chi connectivity index (χ0v) is 12.2. The molecule has 3 heteroatoms. The van der Waals surface area contributed by atoms with Crippen LogP contribution >= 0.6 is 0 Å². The fourth-order valence-electron chi connectivity index (χ4n) is 3.54. The predicted octanol–water partition coefficient (Wildman–Crippen LogP) is 2.41. The number of nitrogens with zero attached hydrogens (tertiary/aromatic N) is 1. The second kappa shape index (κ2) is 5.60. The molecule has 104 valence electrons. The van der Waals surface area contributed by atoms with E-state index in [0.29, 0.717) is 11.9 Å². The lowest BCUT2D eigenvalue weighted by atomic mass is 9.78. The van der Waals surface area contributed by atoms with Crippen molar-refractivity contribution in [3.63, 3.8) is 0 Å². The average Bonchev–Trinajstić information content (AvgIpc) is 2.38. The fraction of sp³-hybridized carbons (Fsp3) is 0.933. The molecule has 2 unspecified atom stereocenters. The molecule has 18 heavy (non-hydrogen) atoms. The van der Waals surface area contributed by atoms with Crippen LogP contribution in [0.1, 0.15) is 52.4 Å². The topological polar surface area (TPSA) is 32.3 Å². The van der Waals surface area contributed by atoms with Gasteiger partial charge in [-0.25, -0.2) is 0 Å². The third kappa shape index (κ3) is 2.87. The van der Waals surface area contributed by atoms with Crippen LogP contribution in [0.15, 0.2) is 0 Å². The van der Waals surface area contributed by atoms with E-state index in [4.69, 9.17) is 0 Å². The zero-order valence-electron chi connectivity index (χ0n) is 12.2. The van der Waals surface area contributed by atoms with Crippen LogP contribution in [0.2, 0.25) is 0 Å². The molecule has 1 amide bonds. The summed E-state index contributed by atoms with van der Waals surface area (Å²) >= 11 is 0. The molecule has 1 aliphatic heterocycles. The molecule has 2 aliphatic rings. The number of piperidine rings is 1. The molecule has 0 spiro atoms. The van der Waals surface area contributed by atoms with Gasteiger partial charge >= 0.3 is 0 Å². The fourth-order valence-corrected chi connectivity index (χ4v) is 3.54. The number of rotatable bonds is 2. The average molecular weight is 252 g/mol. The van der Waals surface area contributed by atoms with Gasteiger partial charge in [0.15, 0.2) is 0 Å². The third-order valence-electron chi connectivity index (χ3n) is 5.00. The molecule has 0 aromatic rings. The van der Waals surface area contributed by atoms with Gasteiger partial charge in [-0.15, -0.1) is 0 Å². The molecule has 2 rings (SSSR count). The van der Waals surface area contributed by atoms with Gasteiger partial charge in [0.25, 0.3) is 0 Å². The Labute approximate surface area is 111 Å². The van der Waals surface area contributed by atoms with Crippen molar-refractivity contribution in [2.75, 3.05) is 20.1 Å². The summed E-state index contributed by atoms with van der Waals surface area (Å²) in [6.45, 7) is 6.43. The summed E-state index contributed by atoms with van der Waals surface area (Å²) in [5.41, 5.74) is -0.124. The van der Waals surface area contributed by atoms with E-state index in [1.54, 1.807) is 0 Å². The van der Waals surface area contributed by atoms with Crippen LogP contribution in [0.25, 0.3) is 0 Å². The van der Waals surface area contributed by atoms with Crippen LogP contribution in [0.5, 0.6) is 0 Å². The molecule has 0 aromatic carbocycles. The number of carbonyl (C=O) groups excluding carboxylic acids is 1. The Morgan fingerprint density at radius 1 is 1.28 bits per heavy atom. The highest BCUT2D eigenvalue weighted by atomic mass is 16.2. The largest absolute Gasteiger partial charge is 0.342 e. The molecule has 1 heterocycles. The molecule has 2 fully saturated rings. The Hall–Kier alpha value is -0.570. The molecule has 1 saturated carbocycles. The van der Waals surface area contributed by atoms with Gasteiger partial charge in [0, 0.05) is 18.5 Å². The second-order valence-corrected chi connectivity index (χ2v) is 6.65. The Morgan fingerprint density at radius 2 is 1.94 bits per heavy atom. The van der Waals surface area contributed by atoms with E-state index in [1.165, 1.54) is 25.7 Å². The lowest BCUT2D eigenvalue weighted by Gasteiger charge is -2.41. The highest BCUT2D eigenvalue weighted by molar-refractivity contribution is 5.82. The maximum Gasteiger partial charge on any atom is 0.228 e. The molecule has 1 saturated heterocycles. The predicted molar refractivity (Wildman–Crippen MR) is 74.4 cm³/mol. The summed E-state index contributed by atoms with van der Waals surface area (Å²) in [6.07, 6.45) is 6.97. The zero-order chi connectivity index (χ0) is 13.2. The van der Waals surface area contributed by atoms with Gasteiger partial charge in [-0.1, -0.05) is 26.7 Å². The third-order valence-corrected chi connectivity index (χ3v) is 5.00. The van der Waals surface area contributed by atoms with E-state index in [-0.39, 0.29) is 5.41 Å². The lowest BCUT2D eigenvalue weighted by molar-refractivity contribution is -0.144. The quantitative estimate of drug-likeness (QED) is 0.818. The van der Waals surface area contributed by atoms with Crippen molar-refractivity contribution in [1.82, 2.24) is 10.2 Å². The Kier molecular flexibility index (Phi) is 4.31. The summed E-state index contributed by atoms with van der Waals surface area (Å²) in [5.74, 6) is 1.16. The van der Waals surface area contributed by atoms with Crippen LogP contribution in [0.4, 0.5) is 0 Å². The molecule has 3 nitrogen and oxygen atoms in total. The summed E-state index contributed by atoms with van der Waals surface area (Å²) in [6, 6.07) is 0.480. The Morgan fingerprint density at radius 3 is 2.56 bits per heavy atom. The van der Waals surface area contributed by atoms with E-state index in [9.17, 15) is 4.79 Å². The minimum atomic E-state index is -0.124. The number of hydrogen-bond donors (Lipinski definition) is 1. The molecule has 1 N–H and O–H groups in total. The van der Waals surface area contributed by atoms with Gasteiger partial charge in [0.1, 0.15) is 0 Å². The van der Waals surface area contributed by atoms with Gasteiger partial charge < -0.3 is 10.2 Å². The smallest absolute Gasteiger partial charge is 0.228 e. The molecule has 0 bridgehead atoms. The van der Waals surface area contributed by atoms with Crippen molar-refractivity contribution in [3.8, 4) is 0 Å². The molecule has 2 atom stereocenters.